The second-order valence-electron chi connectivity index (χ2n) is 7.47. The van der Waals surface area contributed by atoms with E-state index in [0.717, 1.165) is 12.8 Å². The average Bonchev–Trinajstić information content (AvgIpc) is 2.78. The van der Waals surface area contributed by atoms with Gasteiger partial charge in [-0.1, -0.05) is 55.8 Å². The lowest BCUT2D eigenvalue weighted by atomic mass is 10.0. The maximum absolute atomic E-state index is 12.7. The van der Waals surface area contributed by atoms with Crippen LogP contribution in [0.3, 0.4) is 0 Å². The van der Waals surface area contributed by atoms with Crippen molar-refractivity contribution in [3.05, 3.63) is 65.7 Å². The van der Waals surface area contributed by atoms with Crippen LogP contribution in [0.2, 0.25) is 0 Å². The summed E-state index contributed by atoms with van der Waals surface area (Å²) in [5.74, 6) is -0.153. The number of ketones is 1. The molecule has 2 aromatic rings. The van der Waals surface area contributed by atoms with E-state index in [0.29, 0.717) is 18.7 Å². The van der Waals surface area contributed by atoms with E-state index in [2.05, 4.69) is 6.92 Å². The van der Waals surface area contributed by atoms with Gasteiger partial charge in [0, 0.05) is 44.6 Å². The molecular formula is C23H28N2O4S. The van der Waals surface area contributed by atoms with Gasteiger partial charge in [0.15, 0.2) is 5.78 Å². The fourth-order valence-corrected chi connectivity index (χ4v) is 5.03. The number of sulfonamides is 1. The molecule has 1 heterocycles. The molecule has 30 heavy (non-hydrogen) atoms. The van der Waals surface area contributed by atoms with E-state index in [1.165, 1.54) is 9.87 Å². The number of amides is 1. The molecule has 1 amide bonds. The van der Waals surface area contributed by atoms with Crippen molar-refractivity contribution < 1.29 is 18.0 Å². The Labute approximate surface area is 178 Å². The monoisotopic (exact) mass is 428 g/mol. The predicted molar refractivity (Wildman–Crippen MR) is 116 cm³/mol. The molecule has 1 saturated heterocycles. The van der Waals surface area contributed by atoms with Crippen molar-refractivity contribution in [1.29, 1.82) is 0 Å². The summed E-state index contributed by atoms with van der Waals surface area (Å²) < 4.78 is 26.8. The smallest absolute Gasteiger partial charge is 0.243 e. The van der Waals surface area contributed by atoms with Gasteiger partial charge >= 0.3 is 0 Å². The molecule has 1 fully saturated rings. The van der Waals surface area contributed by atoms with Gasteiger partial charge in [-0.15, -0.1) is 0 Å². The van der Waals surface area contributed by atoms with Crippen LogP contribution in [0.5, 0.6) is 0 Å². The molecular weight excluding hydrogens is 400 g/mol. The first kappa shape index (κ1) is 22.2. The number of benzene rings is 2. The summed E-state index contributed by atoms with van der Waals surface area (Å²) >= 11 is 0. The Balaban J connectivity index is 1.49. The van der Waals surface area contributed by atoms with Gasteiger partial charge in [0.2, 0.25) is 15.9 Å². The fraction of sp³-hybridized carbons (Fsp3) is 0.391. The third-order valence-electron chi connectivity index (χ3n) is 5.35. The Morgan fingerprint density at radius 2 is 1.50 bits per heavy atom. The quantitative estimate of drug-likeness (QED) is 0.606. The van der Waals surface area contributed by atoms with E-state index in [1.54, 1.807) is 35.2 Å². The van der Waals surface area contributed by atoms with Crippen LogP contribution in [-0.2, 0) is 21.2 Å². The standard InChI is InChI=1S/C23H28N2O4S/c1-2-6-19-9-11-20(12-10-19)22(26)13-14-23(27)24-15-17-25(18-16-24)30(28,29)21-7-4-3-5-8-21/h3-5,7-12H,2,6,13-18H2,1H3. The van der Waals surface area contributed by atoms with E-state index in [9.17, 15) is 18.0 Å². The van der Waals surface area contributed by atoms with Gasteiger partial charge in [0.25, 0.3) is 0 Å². The minimum absolute atomic E-state index is 0.0447. The van der Waals surface area contributed by atoms with Gasteiger partial charge in [-0.25, -0.2) is 8.42 Å². The zero-order chi connectivity index (χ0) is 21.6. The zero-order valence-electron chi connectivity index (χ0n) is 17.3. The van der Waals surface area contributed by atoms with Gasteiger partial charge < -0.3 is 4.90 Å². The number of hydrogen-bond acceptors (Lipinski definition) is 4. The number of carbonyl (C=O) groups is 2. The minimum Gasteiger partial charge on any atom is -0.340 e. The van der Waals surface area contributed by atoms with E-state index in [4.69, 9.17) is 0 Å². The second kappa shape index (κ2) is 10.00. The van der Waals surface area contributed by atoms with E-state index < -0.39 is 10.0 Å². The first-order valence-electron chi connectivity index (χ1n) is 10.4. The molecule has 6 nitrogen and oxygen atoms in total. The third-order valence-corrected chi connectivity index (χ3v) is 7.27. The Hall–Kier alpha value is -2.51. The number of aryl methyl sites for hydroxylation is 1. The zero-order valence-corrected chi connectivity index (χ0v) is 18.1. The molecule has 1 aliphatic rings. The fourth-order valence-electron chi connectivity index (χ4n) is 3.59. The van der Waals surface area contributed by atoms with Crippen molar-refractivity contribution in [3.8, 4) is 0 Å². The van der Waals surface area contributed by atoms with Crippen LogP contribution < -0.4 is 0 Å². The number of carbonyl (C=O) groups excluding carboxylic acids is 2. The van der Waals surface area contributed by atoms with Crippen LogP contribution in [-0.4, -0.2) is 55.5 Å². The Kier molecular flexibility index (Phi) is 7.39. The molecule has 0 aromatic heterocycles. The number of hydrogen-bond donors (Lipinski definition) is 0. The highest BCUT2D eigenvalue weighted by Crippen LogP contribution is 2.18. The molecule has 3 rings (SSSR count). The molecule has 1 aliphatic heterocycles. The maximum atomic E-state index is 12.7. The molecule has 160 valence electrons. The highest BCUT2D eigenvalue weighted by molar-refractivity contribution is 7.89. The van der Waals surface area contributed by atoms with Crippen molar-refractivity contribution in [2.75, 3.05) is 26.2 Å². The van der Waals surface area contributed by atoms with Crippen molar-refractivity contribution in [3.63, 3.8) is 0 Å². The third kappa shape index (κ3) is 5.34. The first-order chi connectivity index (χ1) is 14.4. The van der Waals surface area contributed by atoms with Gasteiger partial charge in [0.05, 0.1) is 4.90 Å². The first-order valence-corrected chi connectivity index (χ1v) is 11.8. The van der Waals surface area contributed by atoms with Crippen molar-refractivity contribution in [2.24, 2.45) is 0 Å². The number of piperazine rings is 1. The summed E-state index contributed by atoms with van der Waals surface area (Å²) in [6.45, 7) is 3.31. The molecule has 0 saturated carbocycles. The minimum atomic E-state index is -3.54. The van der Waals surface area contributed by atoms with Crippen LogP contribution >= 0.6 is 0 Å². The van der Waals surface area contributed by atoms with Crippen molar-refractivity contribution >= 4 is 21.7 Å². The SMILES string of the molecule is CCCc1ccc(C(=O)CCC(=O)N2CCN(S(=O)(=O)c3ccccc3)CC2)cc1. The molecule has 0 spiro atoms. The normalized spacial score (nSPS) is 15.2. The molecule has 0 atom stereocenters. The summed E-state index contributed by atoms with van der Waals surface area (Å²) in [7, 11) is -3.54. The number of Topliss-reactive ketones (excluding diaryl/α,β-unsaturated/α-hetero) is 1. The van der Waals surface area contributed by atoms with Gasteiger partial charge in [-0.2, -0.15) is 4.31 Å². The van der Waals surface area contributed by atoms with Gasteiger partial charge in [0.1, 0.15) is 0 Å². The summed E-state index contributed by atoms with van der Waals surface area (Å²) in [5.41, 5.74) is 1.83. The van der Waals surface area contributed by atoms with E-state index >= 15 is 0 Å². The van der Waals surface area contributed by atoms with Gasteiger partial charge in [-0.05, 0) is 24.1 Å². The molecule has 7 heteroatoms. The lowest BCUT2D eigenvalue weighted by Gasteiger charge is -2.34. The van der Waals surface area contributed by atoms with Crippen LogP contribution in [0.25, 0.3) is 0 Å². The van der Waals surface area contributed by atoms with Gasteiger partial charge in [-0.3, -0.25) is 9.59 Å². The number of nitrogens with zero attached hydrogens (tertiary/aromatic N) is 2. The number of rotatable bonds is 8. The summed E-state index contributed by atoms with van der Waals surface area (Å²) in [6, 6.07) is 15.9. The van der Waals surface area contributed by atoms with Crippen LogP contribution in [0.4, 0.5) is 0 Å². The summed E-state index contributed by atoms with van der Waals surface area (Å²) in [6.07, 6.45) is 2.34. The Morgan fingerprint density at radius 1 is 0.867 bits per heavy atom. The lowest BCUT2D eigenvalue weighted by molar-refractivity contribution is -0.132. The molecule has 2 aromatic carbocycles. The summed E-state index contributed by atoms with van der Waals surface area (Å²) in [5, 5.41) is 0. The predicted octanol–water partition coefficient (Wildman–Crippen LogP) is 3.14. The largest absolute Gasteiger partial charge is 0.340 e. The van der Waals surface area contributed by atoms with Crippen molar-refractivity contribution in [2.45, 2.75) is 37.5 Å². The van der Waals surface area contributed by atoms with Crippen molar-refractivity contribution in [1.82, 2.24) is 9.21 Å². The summed E-state index contributed by atoms with van der Waals surface area (Å²) in [4.78, 5) is 26.8. The maximum Gasteiger partial charge on any atom is 0.243 e. The highest BCUT2D eigenvalue weighted by atomic mass is 32.2. The van der Waals surface area contributed by atoms with E-state index in [1.807, 2.05) is 24.3 Å². The molecule has 0 radical (unpaired) electrons. The Morgan fingerprint density at radius 3 is 2.10 bits per heavy atom. The molecule has 0 aliphatic carbocycles. The molecule has 0 bridgehead atoms. The second-order valence-corrected chi connectivity index (χ2v) is 9.41. The molecule has 0 N–H and O–H groups in total. The average molecular weight is 429 g/mol. The van der Waals surface area contributed by atoms with Crippen LogP contribution in [0.1, 0.15) is 42.1 Å². The van der Waals surface area contributed by atoms with E-state index in [-0.39, 0.29) is 42.5 Å². The topological polar surface area (TPSA) is 74.8 Å². The van der Waals surface area contributed by atoms with Crippen LogP contribution in [0.15, 0.2) is 59.5 Å². The molecule has 0 unspecified atom stereocenters. The lowest BCUT2D eigenvalue weighted by Crippen LogP contribution is -2.50. The highest BCUT2D eigenvalue weighted by Gasteiger charge is 2.30. The Bertz CT molecular complexity index is 964. The van der Waals surface area contributed by atoms with Crippen LogP contribution in [0, 0.1) is 0 Å².